The van der Waals surface area contributed by atoms with Gasteiger partial charge in [-0.3, -0.25) is 4.79 Å². The molecule has 1 aromatic carbocycles. The normalized spacial score (nSPS) is 21.8. The molecule has 20 heavy (non-hydrogen) atoms. The molecule has 0 fully saturated rings. The van der Waals surface area contributed by atoms with Gasteiger partial charge in [0.2, 0.25) is 5.91 Å². The van der Waals surface area contributed by atoms with E-state index in [0.717, 1.165) is 18.4 Å². The van der Waals surface area contributed by atoms with Gasteiger partial charge in [0.05, 0.1) is 12.6 Å². The van der Waals surface area contributed by atoms with E-state index in [1.165, 1.54) is 0 Å². The van der Waals surface area contributed by atoms with Crippen molar-refractivity contribution in [2.45, 2.75) is 45.3 Å². The third-order valence-corrected chi connectivity index (χ3v) is 3.99. The Bertz CT molecular complexity index is 457. The van der Waals surface area contributed by atoms with Gasteiger partial charge in [0.25, 0.3) is 0 Å². The number of benzene rings is 1. The second kappa shape index (κ2) is 6.75. The Morgan fingerprint density at radius 2 is 2.10 bits per heavy atom. The van der Waals surface area contributed by atoms with Gasteiger partial charge in [-0.1, -0.05) is 32.0 Å². The summed E-state index contributed by atoms with van der Waals surface area (Å²) < 4.78 is 5.63. The number of hydrogen-bond acceptors (Lipinski definition) is 3. The summed E-state index contributed by atoms with van der Waals surface area (Å²) in [7, 11) is 0. The molecule has 4 nitrogen and oxygen atoms in total. The van der Waals surface area contributed by atoms with E-state index < -0.39 is 6.10 Å². The average molecular weight is 277 g/mol. The van der Waals surface area contributed by atoms with Crippen molar-refractivity contribution in [3.05, 3.63) is 29.8 Å². The predicted molar refractivity (Wildman–Crippen MR) is 77.5 cm³/mol. The van der Waals surface area contributed by atoms with E-state index in [9.17, 15) is 9.90 Å². The Labute approximate surface area is 120 Å². The minimum Gasteiger partial charge on any atom is -0.493 e. The fourth-order valence-corrected chi connectivity index (χ4v) is 2.64. The molecule has 2 atom stereocenters. The number of carbonyl (C=O) groups excluding carboxylic acids is 1. The molecule has 2 N–H and O–H groups in total. The number of rotatable bonds is 4. The van der Waals surface area contributed by atoms with E-state index in [-0.39, 0.29) is 17.9 Å². The SMILES string of the molecule is CCC(CC)C(=O)NC1CCOc2ccccc2C1O. The van der Waals surface area contributed by atoms with Gasteiger partial charge in [-0.25, -0.2) is 0 Å². The summed E-state index contributed by atoms with van der Waals surface area (Å²) in [6, 6.07) is 7.17. The molecule has 1 aromatic rings. The van der Waals surface area contributed by atoms with Gasteiger partial charge in [0.15, 0.2) is 0 Å². The number of carbonyl (C=O) groups is 1. The third-order valence-electron chi connectivity index (χ3n) is 3.99. The molecule has 110 valence electrons. The number of nitrogens with one attached hydrogen (secondary N) is 1. The maximum atomic E-state index is 12.2. The minimum atomic E-state index is -0.716. The van der Waals surface area contributed by atoms with Gasteiger partial charge in [0.1, 0.15) is 11.9 Å². The van der Waals surface area contributed by atoms with Crippen molar-refractivity contribution in [1.29, 1.82) is 0 Å². The summed E-state index contributed by atoms with van der Waals surface area (Å²) in [5.41, 5.74) is 0.750. The van der Waals surface area contributed by atoms with Crippen LogP contribution in [0, 0.1) is 5.92 Å². The highest BCUT2D eigenvalue weighted by Gasteiger charge is 2.29. The molecule has 0 aliphatic carbocycles. The molecular weight excluding hydrogens is 254 g/mol. The highest BCUT2D eigenvalue weighted by atomic mass is 16.5. The van der Waals surface area contributed by atoms with Crippen molar-refractivity contribution in [3.8, 4) is 5.75 Å². The molecule has 1 aliphatic rings. The highest BCUT2D eigenvalue weighted by Crippen LogP contribution is 2.31. The molecule has 2 rings (SSSR count). The zero-order valence-corrected chi connectivity index (χ0v) is 12.1. The van der Waals surface area contributed by atoms with Crippen LogP contribution in [0.25, 0.3) is 0 Å². The van der Waals surface area contributed by atoms with Gasteiger partial charge >= 0.3 is 0 Å². The van der Waals surface area contributed by atoms with Crippen molar-refractivity contribution in [2.24, 2.45) is 5.92 Å². The van der Waals surface area contributed by atoms with Crippen LogP contribution < -0.4 is 10.1 Å². The topological polar surface area (TPSA) is 58.6 Å². The lowest BCUT2D eigenvalue weighted by atomic mass is 9.97. The Morgan fingerprint density at radius 3 is 2.80 bits per heavy atom. The van der Waals surface area contributed by atoms with Gasteiger partial charge in [0, 0.05) is 17.9 Å². The zero-order valence-electron chi connectivity index (χ0n) is 12.1. The molecule has 0 saturated carbocycles. The minimum absolute atomic E-state index is 0.0154. The van der Waals surface area contributed by atoms with Crippen molar-refractivity contribution in [1.82, 2.24) is 5.32 Å². The van der Waals surface area contributed by atoms with E-state index in [0.29, 0.717) is 18.8 Å². The zero-order chi connectivity index (χ0) is 14.5. The van der Waals surface area contributed by atoms with Crippen LogP contribution in [0.2, 0.25) is 0 Å². The lowest BCUT2D eigenvalue weighted by molar-refractivity contribution is -0.126. The molecule has 1 heterocycles. The monoisotopic (exact) mass is 277 g/mol. The summed E-state index contributed by atoms with van der Waals surface area (Å²) in [4.78, 5) is 12.2. The van der Waals surface area contributed by atoms with Crippen molar-refractivity contribution in [3.63, 3.8) is 0 Å². The fourth-order valence-electron chi connectivity index (χ4n) is 2.64. The first-order chi connectivity index (χ1) is 9.67. The van der Waals surface area contributed by atoms with E-state index in [1.54, 1.807) is 0 Å². The van der Waals surface area contributed by atoms with Crippen LogP contribution in [0.15, 0.2) is 24.3 Å². The molecular formula is C16H23NO3. The van der Waals surface area contributed by atoms with Crippen LogP contribution in [0.5, 0.6) is 5.75 Å². The van der Waals surface area contributed by atoms with Crippen molar-refractivity contribution in [2.75, 3.05) is 6.61 Å². The smallest absolute Gasteiger partial charge is 0.223 e. The Kier molecular flexibility index (Phi) is 5.01. The third kappa shape index (κ3) is 3.12. The van der Waals surface area contributed by atoms with E-state index >= 15 is 0 Å². The fraction of sp³-hybridized carbons (Fsp3) is 0.562. The highest BCUT2D eigenvalue weighted by molar-refractivity contribution is 5.79. The number of para-hydroxylation sites is 1. The van der Waals surface area contributed by atoms with E-state index in [1.807, 2.05) is 38.1 Å². The van der Waals surface area contributed by atoms with Gasteiger partial charge in [-0.15, -0.1) is 0 Å². The molecule has 0 spiro atoms. The maximum Gasteiger partial charge on any atom is 0.223 e. The van der Waals surface area contributed by atoms with Gasteiger partial charge < -0.3 is 15.2 Å². The predicted octanol–water partition coefficient (Wildman–Crippen LogP) is 2.42. The quantitative estimate of drug-likeness (QED) is 0.888. The molecule has 1 amide bonds. The molecule has 0 aromatic heterocycles. The molecule has 0 bridgehead atoms. The second-order valence-corrected chi connectivity index (χ2v) is 5.25. The number of fused-ring (bicyclic) bond motifs is 1. The number of ether oxygens (including phenoxy) is 1. The van der Waals surface area contributed by atoms with Crippen LogP contribution >= 0.6 is 0 Å². The lowest BCUT2D eigenvalue weighted by Gasteiger charge is -2.24. The molecule has 1 aliphatic heterocycles. The van der Waals surface area contributed by atoms with Gasteiger partial charge in [-0.2, -0.15) is 0 Å². The number of aliphatic hydroxyl groups excluding tert-OH is 1. The molecule has 0 saturated heterocycles. The van der Waals surface area contributed by atoms with Crippen LogP contribution in [-0.2, 0) is 4.79 Å². The van der Waals surface area contributed by atoms with Crippen LogP contribution in [0.4, 0.5) is 0 Å². The van der Waals surface area contributed by atoms with Crippen LogP contribution in [-0.4, -0.2) is 23.7 Å². The summed E-state index contributed by atoms with van der Waals surface area (Å²) in [6.45, 7) is 4.52. The standard InChI is InChI=1S/C16H23NO3/c1-3-11(4-2)16(19)17-13-9-10-20-14-8-6-5-7-12(14)15(13)18/h5-8,11,13,15,18H,3-4,9-10H2,1-2H3,(H,17,19). The summed E-state index contributed by atoms with van der Waals surface area (Å²) >= 11 is 0. The lowest BCUT2D eigenvalue weighted by Crippen LogP contribution is -2.42. The number of hydrogen-bond donors (Lipinski definition) is 2. The Hall–Kier alpha value is -1.55. The largest absolute Gasteiger partial charge is 0.493 e. The first-order valence-corrected chi connectivity index (χ1v) is 7.37. The van der Waals surface area contributed by atoms with Gasteiger partial charge in [-0.05, 0) is 18.9 Å². The van der Waals surface area contributed by atoms with Crippen LogP contribution in [0.1, 0.15) is 44.8 Å². The summed E-state index contributed by atoms with van der Waals surface area (Å²) in [5, 5.41) is 13.5. The second-order valence-electron chi connectivity index (χ2n) is 5.25. The maximum absolute atomic E-state index is 12.2. The molecule has 4 heteroatoms. The van der Waals surface area contributed by atoms with E-state index in [4.69, 9.17) is 4.74 Å². The van der Waals surface area contributed by atoms with Crippen molar-refractivity contribution >= 4 is 5.91 Å². The number of aliphatic hydroxyl groups is 1. The van der Waals surface area contributed by atoms with E-state index in [2.05, 4.69) is 5.32 Å². The van der Waals surface area contributed by atoms with Crippen LogP contribution in [0.3, 0.4) is 0 Å². The first kappa shape index (κ1) is 14.9. The summed E-state index contributed by atoms with van der Waals surface area (Å²) in [6.07, 6.45) is 1.53. The van der Waals surface area contributed by atoms with Crippen molar-refractivity contribution < 1.29 is 14.6 Å². The summed E-state index contributed by atoms with van der Waals surface area (Å²) in [5.74, 6) is 0.749. The Balaban J connectivity index is 2.11. The number of amides is 1. The average Bonchev–Trinajstić information content (AvgIpc) is 2.61. The molecule has 0 radical (unpaired) electrons. The Morgan fingerprint density at radius 1 is 1.40 bits per heavy atom. The first-order valence-electron chi connectivity index (χ1n) is 7.37. The molecule has 2 unspecified atom stereocenters.